The van der Waals surface area contributed by atoms with Gasteiger partial charge in [-0.3, -0.25) is 4.72 Å². The first-order chi connectivity index (χ1) is 17.7. The molecule has 0 unspecified atom stereocenters. The van der Waals surface area contributed by atoms with E-state index in [1.54, 1.807) is 24.3 Å². The van der Waals surface area contributed by atoms with Crippen LogP contribution in [-0.2, 0) is 10.0 Å². The Bertz CT molecular complexity index is 1380. The van der Waals surface area contributed by atoms with Crippen LogP contribution in [0.15, 0.2) is 47.4 Å². The van der Waals surface area contributed by atoms with Crippen molar-refractivity contribution >= 4 is 27.9 Å². The number of rotatable bonds is 11. The highest BCUT2D eigenvalue weighted by Gasteiger charge is 2.20. The zero-order valence-electron chi connectivity index (χ0n) is 21.3. The van der Waals surface area contributed by atoms with Crippen molar-refractivity contribution < 1.29 is 41.9 Å². The van der Waals surface area contributed by atoms with Crippen molar-refractivity contribution in [3.05, 3.63) is 53.6 Å². The highest BCUT2D eigenvalue weighted by atomic mass is 32.2. The number of phenolic OH excluding ortho intramolecular Hbond substituents is 1. The fourth-order valence-corrected chi connectivity index (χ4v) is 4.64. The van der Waals surface area contributed by atoms with E-state index in [-0.39, 0.29) is 27.8 Å². The summed E-state index contributed by atoms with van der Waals surface area (Å²) in [5.74, 6) is 1.92. The predicted molar refractivity (Wildman–Crippen MR) is 140 cm³/mol. The van der Waals surface area contributed by atoms with Gasteiger partial charge in [0.25, 0.3) is 10.0 Å². The maximum absolute atomic E-state index is 13.2. The van der Waals surface area contributed by atoms with Gasteiger partial charge >= 0.3 is 0 Å². The number of anilines is 1. The van der Waals surface area contributed by atoms with Crippen molar-refractivity contribution in [2.24, 2.45) is 0 Å². The second-order valence-electron chi connectivity index (χ2n) is 7.53. The number of phenols is 1. The summed E-state index contributed by atoms with van der Waals surface area (Å²) < 4.78 is 60.8. The highest BCUT2D eigenvalue weighted by Crippen LogP contribution is 2.40. The molecule has 0 bridgehead atoms. The number of hydrogen-bond acceptors (Lipinski definition) is 9. The third-order valence-corrected chi connectivity index (χ3v) is 6.77. The summed E-state index contributed by atoms with van der Waals surface area (Å²) in [5.41, 5.74) is 1.22. The van der Waals surface area contributed by atoms with Gasteiger partial charge in [-0.1, -0.05) is 12.2 Å². The van der Waals surface area contributed by atoms with Gasteiger partial charge in [-0.15, -0.1) is 0 Å². The molecule has 0 radical (unpaired) electrons. The third kappa shape index (κ3) is 5.95. The highest BCUT2D eigenvalue weighted by molar-refractivity contribution is 7.92. The average Bonchev–Trinajstić information content (AvgIpc) is 2.91. The van der Waals surface area contributed by atoms with E-state index < -0.39 is 10.0 Å². The van der Waals surface area contributed by atoms with E-state index in [9.17, 15) is 13.5 Å². The summed E-state index contributed by atoms with van der Waals surface area (Å²) in [7, 11) is 4.70. The fourth-order valence-electron chi connectivity index (χ4n) is 3.55. The number of nitrogens with one attached hydrogen (secondary N) is 1. The Morgan fingerprint density at radius 2 is 1.27 bits per heavy atom. The van der Waals surface area contributed by atoms with Gasteiger partial charge in [0.2, 0.25) is 5.75 Å². The molecule has 198 valence electrons. The molecule has 2 N–H and O–H groups in total. The Morgan fingerprint density at radius 3 is 1.81 bits per heavy atom. The SMILES string of the molecule is COc1cc(NS(=O)(=O)c2ccc(OC)c(OC)c2)c(/C=C\c2cc(OC)c(OC)c(OC)c2)cc1O. The number of methoxy groups -OCH3 is 6. The van der Waals surface area contributed by atoms with Gasteiger partial charge in [0.1, 0.15) is 0 Å². The average molecular weight is 532 g/mol. The molecule has 10 nitrogen and oxygen atoms in total. The van der Waals surface area contributed by atoms with Crippen LogP contribution in [0.4, 0.5) is 5.69 Å². The van der Waals surface area contributed by atoms with Crippen molar-refractivity contribution in [1.29, 1.82) is 0 Å². The predicted octanol–water partition coefficient (Wildman–Crippen LogP) is 4.42. The lowest BCUT2D eigenvalue weighted by Gasteiger charge is -2.15. The van der Waals surface area contributed by atoms with Crippen LogP contribution in [0.5, 0.6) is 40.2 Å². The Morgan fingerprint density at radius 1 is 0.676 bits per heavy atom. The van der Waals surface area contributed by atoms with Gasteiger partial charge in [-0.05, 0) is 35.9 Å². The van der Waals surface area contributed by atoms with Gasteiger partial charge in [-0.25, -0.2) is 8.42 Å². The number of hydrogen-bond donors (Lipinski definition) is 2. The molecule has 0 aliphatic rings. The molecular formula is C26H29NO9S. The summed E-state index contributed by atoms with van der Waals surface area (Å²) >= 11 is 0. The summed E-state index contributed by atoms with van der Waals surface area (Å²) in [4.78, 5) is -0.0447. The van der Waals surface area contributed by atoms with Crippen molar-refractivity contribution in [1.82, 2.24) is 0 Å². The minimum Gasteiger partial charge on any atom is -0.504 e. The molecule has 0 aliphatic carbocycles. The van der Waals surface area contributed by atoms with E-state index in [1.807, 2.05) is 0 Å². The Kier molecular flexibility index (Phi) is 8.61. The Labute approximate surface area is 216 Å². The van der Waals surface area contributed by atoms with Crippen LogP contribution in [0.3, 0.4) is 0 Å². The van der Waals surface area contributed by atoms with E-state index in [0.717, 1.165) is 0 Å². The number of ether oxygens (including phenoxy) is 6. The molecule has 0 atom stereocenters. The normalized spacial score (nSPS) is 11.2. The molecule has 0 saturated carbocycles. The third-order valence-electron chi connectivity index (χ3n) is 5.40. The monoisotopic (exact) mass is 531 g/mol. The van der Waals surface area contributed by atoms with Gasteiger partial charge in [0.05, 0.1) is 53.2 Å². The second-order valence-corrected chi connectivity index (χ2v) is 9.21. The molecule has 3 aromatic carbocycles. The van der Waals surface area contributed by atoms with Crippen LogP contribution in [-0.4, -0.2) is 56.2 Å². The van der Waals surface area contributed by atoms with E-state index in [1.165, 1.54) is 73.0 Å². The van der Waals surface area contributed by atoms with Crippen molar-refractivity contribution in [3.63, 3.8) is 0 Å². The Balaban J connectivity index is 2.06. The summed E-state index contributed by atoms with van der Waals surface area (Å²) in [5, 5.41) is 10.4. The van der Waals surface area contributed by atoms with Gasteiger partial charge in [-0.2, -0.15) is 0 Å². The van der Waals surface area contributed by atoms with Gasteiger partial charge in [0, 0.05) is 17.7 Å². The molecule has 0 fully saturated rings. The van der Waals surface area contributed by atoms with Crippen LogP contribution in [0.1, 0.15) is 11.1 Å². The Hall–Kier alpha value is -4.25. The molecule has 0 spiro atoms. The number of aromatic hydroxyl groups is 1. The first kappa shape index (κ1) is 27.3. The lowest BCUT2D eigenvalue weighted by atomic mass is 10.1. The molecule has 3 aromatic rings. The molecule has 0 aliphatic heterocycles. The van der Waals surface area contributed by atoms with Crippen LogP contribution in [0, 0.1) is 0 Å². The first-order valence-electron chi connectivity index (χ1n) is 10.8. The van der Waals surface area contributed by atoms with Crippen LogP contribution in [0.2, 0.25) is 0 Å². The smallest absolute Gasteiger partial charge is 0.262 e. The number of benzene rings is 3. The van der Waals surface area contributed by atoms with Crippen LogP contribution < -0.4 is 33.1 Å². The molecule has 0 saturated heterocycles. The second kappa shape index (κ2) is 11.7. The van der Waals surface area contributed by atoms with Crippen LogP contribution >= 0.6 is 0 Å². The fraction of sp³-hybridized carbons (Fsp3) is 0.231. The minimum absolute atomic E-state index is 0.0447. The standard InChI is InChI=1S/C26H29NO9S/c1-31-21-10-9-18(14-23(21)33-3)37(29,30)27-19-15-22(32-2)20(28)13-17(19)8-7-16-11-24(34-4)26(36-6)25(12-16)35-5/h7-15,27-28H,1-6H3/b8-7-. The topological polar surface area (TPSA) is 122 Å². The molecular weight excluding hydrogens is 502 g/mol. The lowest BCUT2D eigenvalue weighted by Crippen LogP contribution is -2.14. The van der Waals surface area contributed by atoms with Gasteiger partial charge < -0.3 is 33.5 Å². The van der Waals surface area contributed by atoms with E-state index in [0.29, 0.717) is 34.1 Å². The zero-order chi connectivity index (χ0) is 27.2. The van der Waals surface area contributed by atoms with E-state index >= 15 is 0 Å². The first-order valence-corrected chi connectivity index (χ1v) is 12.3. The molecule has 0 heterocycles. The molecule has 0 amide bonds. The summed E-state index contributed by atoms with van der Waals surface area (Å²) in [6.45, 7) is 0. The van der Waals surface area contributed by atoms with E-state index in [2.05, 4.69) is 4.72 Å². The number of sulfonamides is 1. The molecule has 3 rings (SSSR count). The molecule has 37 heavy (non-hydrogen) atoms. The van der Waals surface area contributed by atoms with Crippen LogP contribution in [0.25, 0.3) is 12.2 Å². The maximum atomic E-state index is 13.2. The summed E-state index contributed by atoms with van der Waals surface area (Å²) in [6.07, 6.45) is 3.34. The van der Waals surface area contributed by atoms with Gasteiger partial charge in [0.15, 0.2) is 34.5 Å². The molecule has 0 aromatic heterocycles. The summed E-state index contributed by atoms with van der Waals surface area (Å²) in [6, 6.07) is 10.5. The van der Waals surface area contributed by atoms with Crippen molar-refractivity contribution in [3.8, 4) is 40.2 Å². The maximum Gasteiger partial charge on any atom is 0.262 e. The van der Waals surface area contributed by atoms with Crippen molar-refractivity contribution in [2.45, 2.75) is 4.90 Å². The quantitative estimate of drug-likeness (QED) is 0.274. The van der Waals surface area contributed by atoms with Crippen molar-refractivity contribution in [2.75, 3.05) is 47.4 Å². The lowest BCUT2D eigenvalue weighted by molar-refractivity contribution is 0.324. The molecule has 11 heteroatoms. The zero-order valence-corrected chi connectivity index (χ0v) is 22.1. The van der Waals surface area contributed by atoms with E-state index in [4.69, 9.17) is 28.4 Å². The minimum atomic E-state index is -4.06. The largest absolute Gasteiger partial charge is 0.504 e.